The van der Waals surface area contributed by atoms with Crippen LogP contribution in [0.4, 0.5) is 10.5 Å². The number of hydrogen-bond donors (Lipinski definition) is 1. The molecule has 33 heavy (non-hydrogen) atoms. The monoisotopic (exact) mass is 452 g/mol. The molecular formula is C24H24N2O7. The predicted octanol–water partition coefficient (Wildman–Crippen LogP) is 2.92. The lowest BCUT2D eigenvalue weighted by molar-refractivity contribution is -0.143. The summed E-state index contributed by atoms with van der Waals surface area (Å²) >= 11 is 0. The second-order valence-electron chi connectivity index (χ2n) is 7.31. The van der Waals surface area contributed by atoms with E-state index in [1.807, 2.05) is 19.9 Å². The van der Waals surface area contributed by atoms with E-state index in [9.17, 15) is 19.2 Å². The van der Waals surface area contributed by atoms with E-state index in [1.165, 1.54) is 13.2 Å². The topological polar surface area (TPSA) is 111 Å². The van der Waals surface area contributed by atoms with Crippen molar-refractivity contribution in [2.45, 2.75) is 20.8 Å². The van der Waals surface area contributed by atoms with Crippen LogP contribution in [0.3, 0.4) is 0 Å². The normalized spacial score (nSPS) is 14.8. The second-order valence-corrected chi connectivity index (χ2v) is 7.31. The highest BCUT2D eigenvalue weighted by Crippen LogP contribution is 2.30. The SMILES string of the molecule is CCOc1cc(/C=C2\C(=O)NC(=O)N(c3cc(C)cc(C)c3)C2=O)ccc1OCC(=O)OC. The molecule has 1 heterocycles. The highest BCUT2D eigenvalue weighted by molar-refractivity contribution is 6.39. The largest absolute Gasteiger partial charge is 0.490 e. The Balaban J connectivity index is 1.95. The Kier molecular flexibility index (Phi) is 7.12. The van der Waals surface area contributed by atoms with Gasteiger partial charge >= 0.3 is 12.0 Å². The number of imide groups is 2. The van der Waals surface area contributed by atoms with Crippen LogP contribution in [-0.4, -0.2) is 44.1 Å². The third-order valence-corrected chi connectivity index (χ3v) is 4.72. The Bertz CT molecular complexity index is 1130. The third-order valence-electron chi connectivity index (χ3n) is 4.72. The summed E-state index contributed by atoms with van der Waals surface area (Å²) < 4.78 is 15.5. The van der Waals surface area contributed by atoms with E-state index in [4.69, 9.17) is 9.47 Å². The minimum Gasteiger partial charge on any atom is -0.490 e. The Morgan fingerprint density at radius 3 is 2.33 bits per heavy atom. The maximum Gasteiger partial charge on any atom is 0.343 e. The number of benzene rings is 2. The summed E-state index contributed by atoms with van der Waals surface area (Å²) in [6.45, 7) is 5.50. The Labute approximate surface area is 190 Å². The molecule has 1 saturated heterocycles. The van der Waals surface area contributed by atoms with Gasteiger partial charge in [0.05, 0.1) is 19.4 Å². The van der Waals surface area contributed by atoms with Crippen molar-refractivity contribution in [2.75, 3.05) is 25.2 Å². The van der Waals surface area contributed by atoms with Gasteiger partial charge in [-0.1, -0.05) is 12.1 Å². The zero-order valence-electron chi connectivity index (χ0n) is 18.8. The summed E-state index contributed by atoms with van der Waals surface area (Å²) in [5, 5.41) is 2.21. The van der Waals surface area contributed by atoms with E-state index in [0.717, 1.165) is 16.0 Å². The molecule has 0 aliphatic carbocycles. The molecule has 1 N–H and O–H groups in total. The van der Waals surface area contributed by atoms with E-state index in [2.05, 4.69) is 10.1 Å². The van der Waals surface area contributed by atoms with Crippen molar-refractivity contribution in [2.24, 2.45) is 0 Å². The molecule has 0 spiro atoms. The third kappa shape index (κ3) is 5.38. The van der Waals surface area contributed by atoms with E-state index in [-0.39, 0.29) is 12.2 Å². The first-order valence-electron chi connectivity index (χ1n) is 10.2. The predicted molar refractivity (Wildman–Crippen MR) is 120 cm³/mol. The minimum atomic E-state index is -0.811. The van der Waals surface area contributed by atoms with Crippen molar-refractivity contribution in [3.05, 3.63) is 58.7 Å². The molecule has 0 saturated carbocycles. The van der Waals surface area contributed by atoms with Crippen LogP contribution in [-0.2, 0) is 19.1 Å². The van der Waals surface area contributed by atoms with Crippen LogP contribution >= 0.6 is 0 Å². The lowest BCUT2D eigenvalue weighted by atomic mass is 10.0. The Hall–Kier alpha value is -4.14. The zero-order chi connectivity index (χ0) is 24.1. The lowest BCUT2D eigenvalue weighted by Gasteiger charge is -2.27. The average Bonchev–Trinajstić information content (AvgIpc) is 2.75. The molecule has 1 aliphatic heterocycles. The molecule has 0 unspecified atom stereocenters. The number of amides is 4. The molecule has 172 valence electrons. The number of esters is 1. The van der Waals surface area contributed by atoms with Gasteiger partial charge < -0.3 is 14.2 Å². The van der Waals surface area contributed by atoms with Crippen LogP contribution in [0.15, 0.2) is 42.0 Å². The number of urea groups is 1. The fourth-order valence-electron chi connectivity index (χ4n) is 3.34. The number of aryl methyl sites for hydroxylation is 2. The highest BCUT2D eigenvalue weighted by Gasteiger charge is 2.37. The first-order chi connectivity index (χ1) is 15.7. The quantitative estimate of drug-likeness (QED) is 0.391. The van der Waals surface area contributed by atoms with Gasteiger partial charge in [-0.2, -0.15) is 0 Å². The van der Waals surface area contributed by atoms with Gasteiger partial charge in [0.15, 0.2) is 18.1 Å². The number of nitrogens with one attached hydrogen (secondary N) is 1. The van der Waals surface area contributed by atoms with Crippen molar-refractivity contribution in [3.8, 4) is 11.5 Å². The van der Waals surface area contributed by atoms with Crippen LogP contribution in [0.25, 0.3) is 6.08 Å². The lowest BCUT2D eigenvalue weighted by Crippen LogP contribution is -2.54. The number of hydrogen-bond acceptors (Lipinski definition) is 7. The molecule has 0 bridgehead atoms. The van der Waals surface area contributed by atoms with E-state index in [1.54, 1.807) is 37.3 Å². The van der Waals surface area contributed by atoms with Crippen molar-refractivity contribution in [1.29, 1.82) is 0 Å². The summed E-state index contributed by atoms with van der Waals surface area (Å²) in [7, 11) is 1.25. The van der Waals surface area contributed by atoms with Crippen LogP contribution in [0.2, 0.25) is 0 Å². The number of anilines is 1. The van der Waals surface area contributed by atoms with Crippen molar-refractivity contribution in [1.82, 2.24) is 5.32 Å². The number of carbonyl (C=O) groups excluding carboxylic acids is 4. The molecule has 3 rings (SSSR count). The number of barbiturate groups is 1. The molecular weight excluding hydrogens is 428 g/mol. The standard InChI is InChI=1S/C24H24N2O7/c1-5-32-20-12-16(6-7-19(20)33-13-21(27)31-4)11-18-22(28)25-24(30)26(23(18)29)17-9-14(2)8-15(3)10-17/h6-12H,5,13H2,1-4H3,(H,25,28,30)/b18-11+. The number of ether oxygens (including phenoxy) is 3. The molecule has 1 aliphatic rings. The van der Waals surface area contributed by atoms with Gasteiger partial charge in [0.1, 0.15) is 5.57 Å². The van der Waals surface area contributed by atoms with Crippen molar-refractivity contribution >= 4 is 35.6 Å². The number of rotatable bonds is 7. The molecule has 9 heteroatoms. The number of methoxy groups -OCH3 is 1. The molecule has 2 aromatic rings. The number of carbonyl (C=O) groups is 4. The van der Waals surface area contributed by atoms with E-state index >= 15 is 0 Å². The second kappa shape index (κ2) is 9.99. The fraction of sp³-hybridized carbons (Fsp3) is 0.250. The molecule has 0 radical (unpaired) electrons. The molecule has 9 nitrogen and oxygen atoms in total. The molecule has 0 aromatic heterocycles. The van der Waals surface area contributed by atoms with Gasteiger partial charge in [-0.05, 0) is 67.8 Å². The summed E-state index contributed by atoms with van der Waals surface area (Å²) in [4.78, 5) is 50.3. The smallest absolute Gasteiger partial charge is 0.343 e. The first-order valence-corrected chi connectivity index (χ1v) is 10.2. The van der Waals surface area contributed by atoms with E-state index in [0.29, 0.717) is 29.4 Å². The Morgan fingerprint density at radius 2 is 1.70 bits per heavy atom. The van der Waals surface area contributed by atoms with Crippen LogP contribution in [0.1, 0.15) is 23.6 Å². The first kappa shape index (κ1) is 23.5. The van der Waals surface area contributed by atoms with Crippen LogP contribution < -0.4 is 19.7 Å². The van der Waals surface area contributed by atoms with Gasteiger partial charge in [0, 0.05) is 0 Å². The van der Waals surface area contributed by atoms with Gasteiger partial charge in [0.25, 0.3) is 11.8 Å². The summed E-state index contributed by atoms with van der Waals surface area (Å²) in [5.74, 6) is -1.46. The van der Waals surface area contributed by atoms with Gasteiger partial charge in [-0.25, -0.2) is 14.5 Å². The molecule has 4 amide bonds. The van der Waals surface area contributed by atoms with E-state index < -0.39 is 23.8 Å². The van der Waals surface area contributed by atoms with Gasteiger partial charge in [0.2, 0.25) is 0 Å². The number of nitrogens with zero attached hydrogens (tertiary/aromatic N) is 1. The molecule has 0 atom stereocenters. The minimum absolute atomic E-state index is 0.209. The van der Waals surface area contributed by atoms with Crippen LogP contribution in [0, 0.1) is 13.8 Å². The van der Waals surface area contributed by atoms with Crippen molar-refractivity contribution in [3.63, 3.8) is 0 Å². The maximum atomic E-state index is 13.1. The Morgan fingerprint density at radius 1 is 1.00 bits per heavy atom. The highest BCUT2D eigenvalue weighted by atomic mass is 16.6. The molecule has 1 fully saturated rings. The maximum absolute atomic E-state index is 13.1. The zero-order valence-corrected chi connectivity index (χ0v) is 18.8. The average molecular weight is 452 g/mol. The van der Waals surface area contributed by atoms with Gasteiger partial charge in [-0.15, -0.1) is 0 Å². The van der Waals surface area contributed by atoms with Gasteiger partial charge in [-0.3, -0.25) is 14.9 Å². The van der Waals surface area contributed by atoms with Crippen LogP contribution in [0.5, 0.6) is 11.5 Å². The van der Waals surface area contributed by atoms with Crippen molar-refractivity contribution < 1.29 is 33.4 Å². The summed E-state index contributed by atoms with van der Waals surface area (Å²) in [6.07, 6.45) is 1.37. The fourth-order valence-corrected chi connectivity index (χ4v) is 3.34. The summed E-state index contributed by atoms with van der Waals surface area (Å²) in [5.41, 5.74) is 2.38. The molecule has 2 aromatic carbocycles. The summed E-state index contributed by atoms with van der Waals surface area (Å²) in [6, 6.07) is 9.21.